The van der Waals surface area contributed by atoms with E-state index in [1.54, 1.807) is 11.3 Å². The molecule has 0 saturated heterocycles. The Hall–Kier alpha value is -0.0500. The number of halogens is 1. The SMILES string of the molecule is OCCCCCCCCCCc1ccc(Cl)s1. The Kier molecular flexibility index (Phi) is 8.76. The van der Waals surface area contributed by atoms with E-state index in [2.05, 4.69) is 6.07 Å². The van der Waals surface area contributed by atoms with Crippen LogP contribution in [0.25, 0.3) is 0 Å². The normalized spacial score (nSPS) is 10.9. The van der Waals surface area contributed by atoms with E-state index >= 15 is 0 Å². The van der Waals surface area contributed by atoms with Crippen LogP contribution in [0, 0.1) is 0 Å². The molecule has 17 heavy (non-hydrogen) atoms. The lowest BCUT2D eigenvalue weighted by Crippen LogP contribution is -1.85. The van der Waals surface area contributed by atoms with Crippen LogP contribution in [0.2, 0.25) is 4.34 Å². The van der Waals surface area contributed by atoms with Crippen LogP contribution in [0.5, 0.6) is 0 Å². The Bertz CT molecular complexity index is 286. The Morgan fingerprint density at radius 1 is 0.882 bits per heavy atom. The molecule has 1 aromatic heterocycles. The lowest BCUT2D eigenvalue weighted by Gasteiger charge is -2.01. The van der Waals surface area contributed by atoms with Gasteiger partial charge in [-0.25, -0.2) is 0 Å². The smallest absolute Gasteiger partial charge is 0.0931 e. The molecule has 1 aromatic rings. The van der Waals surface area contributed by atoms with E-state index in [4.69, 9.17) is 16.7 Å². The van der Waals surface area contributed by atoms with Crippen molar-refractivity contribution in [3.8, 4) is 0 Å². The molecule has 0 bridgehead atoms. The van der Waals surface area contributed by atoms with Gasteiger partial charge < -0.3 is 5.11 Å². The van der Waals surface area contributed by atoms with Crippen LogP contribution in [0.1, 0.15) is 56.2 Å². The highest BCUT2D eigenvalue weighted by Crippen LogP contribution is 2.23. The predicted molar refractivity (Wildman–Crippen MR) is 77.1 cm³/mol. The zero-order chi connectivity index (χ0) is 12.3. The van der Waals surface area contributed by atoms with E-state index in [1.165, 1.54) is 56.2 Å². The number of hydrogen-bond acceptors (Lipinski definition) is 2. The first-order valence-corrected chi connectivity index (χ1v) is 7.87. The monoisotopic (exact) mass is 274 g/mol. The molecule has 1 nitrogen and oxygen atoms in total. The first kappa shape index (κ1) is 15.0. The fourth-order valence-electron chi connectivity index (χ4n) is 1.96. The maximum absolute atomic E-state index is 8.64. The van der Waals surface area contributed by atoms with E-state index in [1.807, 2.05) is 6.07 Å². The molecule has 0 unspecified atom stereocenters. The molecule has 1 heterocycles. The minimum atomic E-state index is 0.351. The first-order chi connectivity index (χ1) is 8.33. The minimum absolute atomic E-state index is 0.351. The summed E-state index contributed by atoms with van der Waals surface area (Å²) in [5.41, 5.74) is 0. The second kappa shape index (κ2) is 9.93. The summed E-state index contributed by atoms with van der Waals surface area (Å²) < 4.78 is 0.906. The Labute approximate surface area is 114 Å². The second-order valence-electron chi connectivity index (χ2n) is 4.51. The summed E-state index contributed by atoms with van der Waals surface area (Å²) in [6, 6.07) is 4.13. The molecule has 0 aliphatic rings. The summed E-state index contributed by atoms with van der Waals surface area (Å²) in [7, 11) is 0. The molecule has 98 valence electrons. The molecule has 0 aliphatic carbocycles. The van der Waals surface area contributed by atoms with Gasteiger partial charge in [0.05, 0.1) is 4.34 Å². The van der Waals surface area contributed by atoms with Crippen molar-refractivity contribution in [3.05, 3.63) is 21.3 Å². The number of aliphatic hydroxyl groups is 1. The fourth-order valence-corrected chi connectivity index (χ4v) is 3.09. The standard InChI is InChI=1S/C14H23ClOS/c15-14-11-10-13(17-14)9-7-5-3-1-2-4-6-8-12-16/h10-11,16H,1-9,12H2. The Morgan fingerprint density at radius 2 is 1.47 bits per heavy atom. The van der Waals surface area contributed by atoms with Gasteiger partial charge in [0.25, 0.3) is 0 Å². The number of aliphatic hydroxyl groups excluding tert-OH is 1. The van der Waals surface area contributed by atoms with Gasteiger partial charge in [0, 0.05) is 11.5 Å². The van der Waals surface area contributed by atoms with Crippen molar-refractivity contribution in [2.45, 2.75) is 57.8 Å². The van der Waals surface area contributed by atoms with Crippen LogP contribution in [0.15, 0.2) is 12.1 Å². The van der Waals surface area contributed by atoms with Gasteiger partial charge in [-0.1, -0.05) is 50.1 Å². The molecule has 0 aliphatic heterocycles. The van der Waals surface area contributed by atoms with Crippen LogP contribution in [-0.4, -0.2) is 11.7 Å². The van der Waals surface area contributed by atoms with Gasteiger partial charge in [-0.3, -0.25) is 0 Å². The lowest BCUT2D eigenvalue weighted by molar-refractivity contribution is 0.282. The quantitative estimate of drug-likeness (QED) is 0.592. The van der Waals surface area contributed by atoms with Crippen molar-refractivity contribution >= 4 is 22.9 Å². The number of unbranched alkanes of at least 4 members (excludes halogenated alkanes) is 7. The van der Waals surface area contributed by atoms with Gasteiger partial charge in [0.1, 0.15) is 0 Å². The first-order valence-electron chi connectivity index (χ1n) is 6.68. The summed E-state index contributed by atoms with van der Waals surface area (Å²) in [4.78, 5) is 1.41. The van der Waals surface area contributed by atoms with Crippen molar-refractivity contribution in [2.24, 2.45) is 0 Å². The van der Waals surface area contributed by atoms with Gasteiger partial charge >= 0.3 is 0 Å². The molecule has 1 N–H and O–H groups in total. The fraction of sp³-hybridized carbons (Fsp3) is 0.714. The molecule has 0 amide bonds. The lowest BCUT2D eigenvalue weighted by atomic mass is 10.1. The van der Waals surface area contributed by atoms with Gasteiger partial charge in [0.2, 0.25) is 0 Å². The van der Waals surface area contributed by atoms with E-state index in [0.29, 0.717) is 6.61 Å². The van der Waals surface area contributed by atoms with Crippen molar-refractivity contribution in [1.29, 1.82) is 0 Å². The highest BCUT2D eigenvalue weighted by molar-refractivity contribution is 7.16. The Morgan fingerprint density at radius 3 is 2.00 bits per heavy atom. The average Bonchev–Trinajstić information content (AvgIpc) is 2.73. The van der Waals surface area contributed by atoms with E-state index < -0.39 is 0 Å². The zero-order valence-corrected chi connectivity index (χ0v) is 12.0. The zero-order valence-electron chi connectivity index (χ0n) is 10.5. The largest absolute Gasteiger partial charge is 0.396 e. The summed E-state index contributed by atoms with van der Waals surface area (Å²) in [5, 5.41) is 8.64. The molecule has 0 fully saturated rings. The van der Waals surface area contributed by atoms with Gasteiger partial charge in [-0.15, -0.1) is 11.3 Å². The average molecular weight is 275 g/mol. The van der Waals surface area contributed by atoms with Gasteiger partial charge in [-0.05, 0) is 31.4 Å². The molecule has 0 radical (unpaired) electrons. The third-order valence-electron chi connectivity index (χ3n) is 2.96. The highest BCUT2D eigenvalue weighted by atomic mass is 35.5. The maximum atomic E-state index is 8.64. The topological polar surface area (TPSA) is 20.2 Å². The third-order valence-corrected chi connectivity index (χ3v) is 4.25. The maximum Gasteiger partial charge on any atom is 0.0931 e. The molecule has 0 atom stereocenters. The molecular formula is C14H23ClOS. The number of thiophene rings is 1. The van der Waals surface area contributed by atoms with Crippen LogP contribution in [0.4, 0.5) is 0 Å². The molecule has 3 heteroatoms. The molecule has 0 aromatic carbocycles. The van der Waals surface area contributed by atoms with Gasteiger partial charge in [-0.2, -0.15) is 0 Å². The van der Waals surface area contributed by atoms with Crippen molar-refractivity contribution in [1.82, 2.24) is 0 Å². The van der Waals surface area contributed by atoms with E-state index in [0.717, 1.165) is 10.8 Å². The van der Waals surface area contributed by atoms with Crippen LogP contribution in [-0.2, 0) is 6.42 Å². The van der Waals surface area contributed by atoms with E-state index in [9.17, 15) is 0 Å². The third kappa shape index (κ3) is 7.80. The molecule has 0 spiro atoms. The summed E-state index contributed by atoms with van der Waals surface area (Å²) in [6.07, 6.45) is 11.2. The van der Waals surface area contributed by atoms with Crippen LogP contribution in [0.3, 0.4) is 0 Å². The highest BCUT2D eigenvalue weighted by Gasteiger charge is 1.98. The summed E-state index contributed by atoms with van der Waals surface area (Å²) >= 11 is 7.59. The van der Waals surface area contributed by atoms with E-state index in [-0.39, 0.29) is 0 Å². The van der Waals surface area contributed by atoms with Crippen molar-refractivity contribution in [3.63, 3.8) is 0 Å². The number of rotatable bonds is 10. The van der Waals surface area contributed by atoms with Crippen LogP contribution < -0.4 is 0 Å². The predicted octanol–water partition coefficient (Wildman–Crippen LogP) is 5.06. The number of aryl methyl sites for hydroxylation is 1. The van der Waals surface area contributed by atoms with Gasteiger partial charge in [0.15, 0.2) is 0 Å². The molecular weight excluding hydrogens is 252 g/mol. The van der Waals surface area contributed by atoms with Crippen LogP contribution >= 0.6 is 22.9 Å². The Balaban J connectivity index is 1.84. The van der Waals surface area contributed by atoms with Crippen molar-refractivity contribution < 1.29 is 5.11 Å². The summed E-state index contributed by atoms with van der Waals surface area (Å²) in [5.74, 6) is 0. The molecule has 1 rings (SSSR count). The molecule has 0 saturated carbocycles. The van der Waals surface area contributed by atoms with Crippen molar-refractivity contribution in [2.75, 3.05) is 6.61 Å². The minimum Gasteiger partial charge on any atom is -0.396 e. The summed E-state index contributed by atoms with van der Waals surface area (Å²) in [6.45, 7) is 0.351. The second-order valence-corrected chi connectivity index (χ2v) is 6.31. The number of hydrogen-bond donors (Lipinski definition) is 1.